The molecule has 1 atom stereocenters. The second kappa shape index (κ2) is 6.18. The highest BCUT2D eigenvalue weighted by atomic mass is 16.5. The van der Waals surface area contributed by atoms with E-state index in [9.17, 15) is 9.59 Å². The fourth-order valence-corrected chi connectivity index (χ4v) is 0.780. The largest absolute Gasteiger partial charge is 0.460 e. The van der Waals surface area contributed by atoms with Crippen molar-refractivity contribution in [2.24, 2.45) is 0 Å². The van der Waals surface area contributed by atoms with Crippen molar-refractivity contribution in [1.82, 2.24) is 0 Å². The van der Waals surface area contributed by atoms with Crippen molar-refractivity contribution in [2.45, 2.75) is 32.7 Å². The summed E-state index contributed by atoms with van der Waals surface area (Å²) in [5.74, 6) is -0.687. The van der Waals surface area contributed by atoms with Gasteiger partial charge in [0, 0.05) is 6.42 Å². The van der Waals surface area contributed by atoms with Gasteiger partial charge in [-0.05, 0) is 6.92 Å². The molecule has 0 bridgehead atoms. The van der Waals surface area contributed by atoms with Gasteiger partial charge < -0.3 is 9.58 Å². The van der Waals surface area contributed by atoms with Crippen LogP contribution in [0.3, 0.4) is 0 Å². The molecular weight excluding hydrogens is 170 g/mol. The van der Waals surface area contributed by atoms with Gasteiger partial charge >= 0.3 is 12.0 Å². The van der Waals surface area contributed by atoms with Gasteiger partial charge in [-0.15, -0.1) is 0 Å². The molecule has 13 heavy (non-hydrogen) atoms. The lowest BCUT2D eigenvalue weighted by molar-refractivity contribution is -0.144. The zero-order valence-corrected chi connectivity index (χ0v) is 7.87. The number of hydrogen-bond donors (Lipinski definition) is 0. The summed E-state index contributed by atoms with van der Waals surface area (Å²) in [5, 5.41) is 0. The Morgan fingerprint density at radius 1 is 1.46 bits per heavy atom. The third-order valence-electron chi connectivity index (χ3n) is 1.53. The molecule has 4 nitrogen and oxygen atoms in total. The average Bonchev–Trinajstić information content (AvgIpc) is 2.14. The zero-order valence-electron chi connectivity index (χ0n) is 7.87. The second-order valence-corrected chi connectivity index (χ2v) is 2.49. The van der Waals surface area contributed by atoms with E-state index in [1.807, 2.05) is 0 Å². The van der Waals surface area contributed by atoms with Crippen LogP contribution in [0.25, 0.3) is 4.85 Å². The molecule has 72 valence electrons. The molecule has 0 N–H and O–H groups in total. The van der Waals surface area contributed by atoms with Gasteiger partial charge in [-0.1, -0.05) is 6.92 Å². The van der Waals surface area contributed by atoms with Crippen molar-refractivity contribution in [3.63, 3.8) is 0 Å². The minimum Gasteiger partial charge on any atom is -0.460 e. The van der Waals surface area contributed by atoms with Crippen LogP contribution in [0.2, 0.25) is 0 Å². The van der Waals surface area contributed by atoms with Crippen molar-refractivity contribution in [3.8, 4) is 0 Å². The molecule has 0 aromatic heterocycles. The van der Waals surface area contributed by atoms with E-state index >= 15 is 0 Å². The first-order valence-electron chi connectivity index (χ1n) is 4.20. The Bertz CT molecular complexity index is 230. The van der Waals surface area contributed by atoms with Crippen LogP contribution in [0.5, 0.6) is 0 Å². The molecule has 0 aromatic rings. The Morgan fingerprint density at radius 2 is 2.08 bits per heavy atom. The molecule has 0 spiro atoms. The summed E-state index contributed by atoms with van der Waals surface area (Å²) < 4.78 is 4.64. The molecular formula is C9H13NO3. The molecule has 4 heteroatoms. The summed E-state index contributed by atoms with van der Waals surface area (Å²) >= 11 is 0. The topological polar surface area (TPSA) is 47.7 Å². The quantitative estimate of drug-likeness (QED) is 0.475. The highest BCUT2D eigenvalue weighted by molar-refractivity contribution is 5.87. The third kappa shape index (κ3) is 4.26. The van der Waals surface area contributed by atoms with Crippen LogP contribution >= 0.6 is 0 Å². The lowest BCUT2D eigenvalue weighted by Crippen LogP contribution is -2.23. The van der Waals surface area contributed by atoms with Gasteiger partial charge in [-0.3, -0.25) is 4.79 Å². The molecule has 0 saturated heterocycles. The van der Waals surface area contributed by atoms with E-state index in [1.54, 1.807) is 13.8 Å². The Kier molecular flexibility index (Phi) is 5.53. The highest BCUT2D eigenvalue weighted by Crippen LogP contribution is 2.03. The van der Waals surface area contributed by atoms with E-state index < -0.39 is 12.0 Å². The number of esters is 1. The van der Waals surface area contributed by atoms with Crippen LogP contribution in [0.15, 0.2) is 0 Å². The summed E-state index contributed by atoms with van der Waals surface area (Å²) in [6.45, 7) is 10.3. The van der Waals surface area contributed by atoms with Crippen LogP contribution in [0.1, 0.15) is 26.7 Å². The van der Waals surface area contributed by atoms with Crippen LogP contribution in [-0.4, -0.2) is 24.4 Å². The van der Waals surface area contributed by atoms with Crippen molar-refractivity contribution in [2.75, 3.05) is 6.61 Å². The number of ether oxygens (including phenoxy) is 1. The molecule has 0 saturated carbocycles. The van der Waals surface area contributed by atoms with Gasteiger partial charge in [0.05, 0.1) is 13.0 Å². The van der Waals surface area contributed by atoms with Gasteiger partial charge in [-0.25, -0.2) is 11.4 Å². The number of carbonyl (C=O) groups is 2. The second-order valence-electron chi connectivity index (χ2n) is 2.49. The minimum absolute atomic E-state index is 0.0289. The molecule has 0 rings (SSSR count). The van der Waals surface area contributed by atoms with Gasteiger partial charge in [0.15, 0.2) is 0 Å². The van der Waals surface area contributed by atoms with Gasteiger partial charge in [0.2, 0.25) is 0 Å². The monoisotopic (exact) mass is 183 g/mol. The first-order valence-corrected chi connectivity index (χ1v) is 4.20. The van der Waals surface area contributed by atoms with Crippen molar-refractivity contribution < 1.29 is 14.3 Å². The average molecular weight is 183 g/mol. The van der Waals surface area contributed by atoms with Crippen molar-refractivity contribution in [3.05, 3.63) is 11.4 Å². The number of ketones is 1. The van der Waals surface area contributed by atoms with E-state index in [1.165, 1.54) is 0 Å². The van der Waals surface area contributed by atoms with E-state index in [2.05, 4.69) is 9.58 Å². The number of nitrogens with zero attached hydrogens (tertiary/aromatic N) is 1. The Balaban J connectivity index is 4.12. The Morgan fingerprint density at radius 3 is 2.46 bits per heavy atom. The molecule has 0 heterocycles. The van der Waals surface area contributed by atoms with E-state index in [-0.39, 0.29) is 18.8 Å². The predicted molar refractivity (Wildman–Crippen MR) is 46.9 cm³/mol. The fourth-order valence-electron chi connectivity index (χ4n) is 0.780. The summed E-state index contributed by atoms with van der Waals surface area (Å²) in [6.07, 6.45) is 0.324. The maximum Gasteiger partial charge on any atom is 0.390 e. The molecule has 0 aromatic carbocycles. The number of Topliss-reactive ketones (excluding diaryl/α,β-unsaturated/α-hetero) is 1. The molecule has 0 amide bonds. The van der Waals surface area contributed by atoms with Crippen LogP contribution < -0.4 is 0 Å². The zero-order chi connectivity index (χ0) is 10.3. The van der Waals surface area contributed by atoms with Gasteiger partial charge in [0.1, 0.15) is 5.78 Å². The minimum atomic E-state index is -0.951. The number of rotatable bonds is 5. The van der Waals surface area contributed by atoms with Crippen LogP contribution in [0, 0.1) is 6.57 Å². The molecule has 0 fully saturated rings. The Hall–Kier alpha value is -1.37. The maximum atomic E-state index is 11.0. The lowest BCUT2D eigenvalue weighted by Gasteiger charge is -2.02. The van der Waals surface area contributed by atoms with E-state index in [4.69, 9.17) is 6.57 Å². The molecule has 0 radical (unpaired) electrons. The highest BCUT2D eigenvalue weighted by Gasteiger charge is 2.27. The molecule has 0 aliphatic carbocycles. The van der Waals surface area contributed by atoms with Crippen LogP contribution in [-0.2, 0) is 14.3 Å². The SMILES string of the molecule is [C-]#[N+]C(CC(=O)CC)C(=O)OCC. The van der Waals surface area contributed by atoms with Gasteiger partial charge in [0.25, 0.3) is 0 Å². The van der Waals surface area contributed by atoms with Crippen LogP contribution in [0.4, 0.5) is 0 Å². The summed E-state index contributed by atoms with van der Waals surface area (Å²) in [7, 11) is 0. The smallest absolute Gasteiger partial charge is 0.390 e. The summed E-state index contributed by atoms with van der Waals surface area (Å²) in [5.41, 5.74) is 0. The normalized spacial score (nSPS) is 11.5. The van der Waals surface area contributed by atoms with Gasteiger partial charge in [-0.2, -0.15) is 0 Å². The standard InChI is InChI=1S/C9H13NO3/c1-4-7(11)6-8(10-3)9(12)13-5-2/h8H,4-6H2,1-2H3. The van der Waals surface area contributed by atoms with E-state index in [0.29, 0.717) is 6.42 Å². The fraction of sp³-hybridized carbons (Fsp3) is 0.667. The predicted octanol–water partition coefficient (Wildman–Crippen LogP) is 1.21. The first-order chi connectivity index (χ1) is 6.15. The lowest BCUT2D eigenvalue weighted by atomic mass is 10.1. The third-order valence-corrected chi connectivity index (χ3v) is 1.53. The summed E-state index contributed by atoms with van der Waals surface area (Å²) in [4.78, 5) is 25.0. The molecule has 0 aliphatic rings. The number of hydrogen-bond acceptors (Lipinski definition) is 3. The molecule has 1 unspecified atom stereocenters. The first kappa shape index (κ1) is 11.6. The van der Waals surface area contributed by atoms with Crippen molar-refractivity contribution in [1.29, 1.82) is 0 Å². The Labute approximate surface area is 77.7 Å². The number of carbonyl (C=O) groups excluding carboxylic acids is 2. The van der Waals surface area contributed by atoms with Crippen molar-refractivity contribution >= 4 is 11.8 Å². The summed E-state index contributed by atoms with van der Waals surface area (Å²) in [6, 6.07) is -0.951. The maximum absolute atomic E-state index is 11.0. The van der Waals surface area contributed by atoms with E-state index in [0.717, 1.165) is 0 Å². The molecule has 0 aliphatic heterocycles.